The first-order chi connectivity index (χ1) is 12.8. The van der Waals surface area contributed by atoms with E-state index < -0.39 is 16.1 Å². The zero-order valence-electron chi connectivity index (χ0n) is 16.6. The molecule has 0 unspecified atom stereocenters. The van der Waals surface area contributed by atoms with Crippen molar-refractivity contribution in [2.45, 2.75) is 63.7 Å². The van der Waals surface area contributed by atoms with Gasteiger partial charge in [-0.05, 0) is 43.9 Å². The van der Waals surface area contributed by atoms with Crippen LogP contribution in [0.1, 0.15) is 51.5 Å². The Kier molecular flexibility index (Phi) is 8.48. The lowest BCUT2D eigenvalue weighted by atomic mass is 10.0. The van der Waals surface area contributed by atoms with Crippen LogP contribution in [0.3, 0.4) is 0 Å². The molecule has 1 atom stereocenters. The minimum Gasteiger partial charge on any atom is -0.353 e. The van der Waals surface area contributed by atoms with Gasteiger partial charge in [-0.1, -0.05) is 38.3 Å². The molecule has 2 rings (SSSR count). The third-order valence-corrected chi connectivity index (χ3v) is 7.62. The highest BCUT2D eigenvalue weighted by Gasteiger charge is 2.28. The van der Waals surface area contributed by atoms with Gasteiger partial charge in [0, 0.05) is 17.5 Å². The first-order valence-electron chi connectivity index (χ1n) is 9.80. The molecule has 0 radical (unpaired) electrons. The molecule has 0 heterocycles. The molecule has 1 amide bonds. The summed E-state index contributed by atoms with van der Waals surface area (Å²) < 4.78 is 25.8. The molecule has 0 aromatic heterocycles. The lowest BCUT2D eigenvalue weighted by molar-refractivity contribution is -0.121. The van der Waals surface area contributed by atoms with Gasteiger partial charge < -0.3 is 5.32 Å². The van der Waals surface area contributed by atoms with Gasteiger partial charge >= 0.3 is 0 Å². The number of anilines is 1. The molecular formula is C20H32N2O3S2. The fourth-order valence-corrected chi connectivity index (χ4v) is 5.86. The summed E-state index contributed by atoms with van der Waals surface area (Å²) in [5.74, 6) is 0.608. The number of aryl methyl sites for hydroxylation is 1. The van der Waals surface area contributed by atoms with Crippen LogP contribution in [-0.2, 0) is 21.2 Å². The zero-order chi connectivity index (χ0) is 19.9. The van der Waals surface area contributed by atoms with Crippen LogP contribution in [0.25, 0.3) is 0 Å². The van der Waals surface area contributed by atoms with Crippen molar-refractivity contribution in [1.82, 2.24) is 5.32 Å². The average Bonchev–Trinajstić information content (AvgIpc) is 2.65. The summed E-state index contributed by atoms with van der Waals surface area (Å²) in [6.07, 6.45) is 8.51. The summed E-state index contributed by atoms with van der Waals surface area (Å²) in [4.78, 5) is 12.6. The average molecular weight is 413 g/mol. The standard InChI is InChI=1S/C20H32N2O3S2/c1-4-17-10-12-18(13-11-17)22(27(3,24)25)16(2)20(23)21-14-15-26-19-8-6-5-7-9-19/h10-13,16,19H,4-9,14-15H2,1-3H3,(H,21,23)/t16-/m0/s1. The largest absolute Gasteiger partial charge is 0.353 e. The fourth-order valence-electron chi connectivity index (χ4n) is 3.47. The van der Waals surface area contributed by atoms with Crippen molar-refractivity contribution < 1.29 is 13.2 Å². The van der Waals surface area contributed by atoms with E-state index in [-0.39, 0.29) is 5.91 Å². The van der Waals surface area contributed by atoms with Gasteiger partial charge in [-0.3, -0.25) is 9.10 Å². The Morgan fingerprint density at radius 2 is 1.85 bits per heavy atom. The van der Waals surface area contributed by atoms with Gasteiger partial charge in [0.25, 0.3) is 0 Å². The number of hydrogen-bond acceptors (Lipinski definition) is 4. The summed E-state index contributed by atoms with van der Waals surface area (Å²) in [6, 6.07) is 6.55. The van der Waals surface area contributed by atoms with E-state index >= 15 is 0 Å². The van der Waals surface area contributed by atoms with E-state index in [1.165, 1.54) is 36.4 Å². The molecule has 7 heteroatoms. The number of carbonyl (C=O) groups excluding carboxylic acids is 1. The first-order valence-corrected chi connectivity index (χ1v) is 12.7. The van der Waals surface area contributed by atoms with Gasteiger partial charge in [0.2, 0.25) is 15.9 Å². The molecule has 0 saturated heterocycles. The van der Waals surface area contributed by atoms with Crippen molar-refractivity contribution >= 4 is 33.4 Å². The van der Waals surface area contributed by atoms with Gasteiger partial charge in [-0.25, -0.2) is 8.42 Å². The van der Waals surface area contributed by atoms with Crippen molar-refractivity contribution in [3.63, 3.8) is 0 Å². The second kappa shape index (κ2) is 10.4. The first kappa shape index (κ1) is 22.1. The Morgan fingerprint density at radius 1 is 1.22 bits per heavy atom. The van der Waals surface area contributed by atoms with Crippen LogP contribution in [-0.4, -0.2) is 44.2 Å². The summed E-state index contributed by atoms with van der Waals surface area (Å²) in [5.41, 5.74) is 1.65. The van der Waals surface area contributed by atoms with Gasteiger partial charge in [-0.15, -0.1) is 0 Å². The summed E-state index contributed by atoms with van der Waals surface area (Å²) in [7, 11) is -3.56. The molecule has 1 saturated carbocycles. The fraction of sp³-hybridized carbons (Fsp3) is 0.650. The van der Waals surface area contributed by atoms with E-state index in [2.05, 4.69) is 5.32 Å². The molecule has 1 aromatic rings. The van der Waals surface area contributed by atoms with E-state index in [0.29, 0.717) is 17.5 Å². The number of sulfonamides is 1. The highest BCUT2D eigenvalue weighted by atomic mass is 32.2. The van der Waals surface area contributed by atoms with E-state index in [1.54, 1.807) is 19.1 Å². The van der Waals surface area contributed by atoms with Crippen molar-refractivity contribution in [3.8, 4) is 0 Å². The number of carbonyl (C=O) groups is 1. The Morgan fingerprint density at radius 3 is 2.41 bits per heavy atom. The van der Waals surface area contributed by atoms with Crippen LogP contribution < -0.4 is 9.62 Å². The van der Waals surface area contributed by atoms with Crippen LogP contribution in [0.15, 0.2) is 24.3 Å². The minimum atomic E-state index is -3.56. The van der Waals surface area contributed by atoms with Gasteiger partial charge in [-0.2, -0.15) is 11.8 Å². The highest BCUT2D eigenvalue weighted by Crippen LogP contribution is 2.27. The third kappa shape index (κ3) is 6.71. The molecule has 0 spiro atoms. The molecule has 0 bridgehead atoms. The van der Waals surface area contributed by atoms with Crippen LogP contribution in [0.5, 0.6) is 0 Å². The summed E-state index contributed by atoms with van der Waals surface area (Å²) in [6.45, 7) is 4.25. The number of amides is 1. The zero-order valence-corrected chi connectivity index (χ0v) is 18.2. The van der Waals surface area contributed by atoms with Gasteiger partial charge in [0.1, 0.15) is 6.04 Å². The van der Waals surface area contributed by atoms with E-state index in [9.17, 15) is 13.2 Å². The molecule has 0 aliphatic heterocycles. The second-order valence-corrected chi connectivity index (χ2v) is 10.4. The minimum absolute atomic E-state index is 0.260. The normalized spacial score (nSPS) is 16.7. The maximum atomic E-state index is 12.6. The molecule has 1 N–H and O–H groups in total. The van der Waals surface area contributed by atoms with Crippen LogP contribution in [0, 0.1) is 0 Å². The molecule has 5 nitrogen and oxygen atoms in total. The molecule has 1 aliphatic rings. The van der Waals surface area contributed by atoms with Crippen molar-refractivity contribution in [2.24, 2.45) is 0 Å². The SMILES string of the molecule is CCc1ccc(N([C@@H](C)C(=O)NCCSC2CCCCC2)S(C)(=O)=O)cc1. The van der Waals surface area contributed by atoms with Crippen molar-refractivity contribution in [2.75, 3.05) is 22.9 Å². The van der Waals surface area contributed by atoms with Gasteiger partial charge in [0.15, 0.2) is 0 Å². The molecule has 152 valence electrons. The Labute approximate surface area is 168 Å². The number of nitrogens with one attached hydrogen (secondary N) is 1. The molecular weight excluding hydrogens is 380 g/mol. The summed E-state index contributed by atoms with van der Waals surface area (Å²) >= 11 is 1.92. The number of benzene rings is 1. The van der Waals surface area contributed by atoms with Crippen molar-refractivity contribution in [3.05, 3.63) is 29.8 Å². The molecule has 27 heavy (non-hydrogen) atoms. The molecule has 1 aliphatic carbocycles. The van der Waals surface area contributed by atoms with Crippen molar-refractivity contribution in [1.29, 1.82) is 0 Å². The van der Waals surface area contributed by atoms with Gasteiger partial charge in [0.05, 0.1) is 11.9 Å². The molecule has 1 fully saturated rings. The van der Waals surface area contributed by atoms with Crippen LogP contribution in [0.4, 0.5) is 5.69 Å². The second-order valence-electron chi connectivity index (χ2n) is 7.18. The number of rotatable bonds is 9. The number of thioether (sulfide) groups is 1. The predicted molar refractivity (Wildman–Crippen MR) is 115 cm³/mol. The quantitative estimate of drug-likeness (QED) is 0.630. The third-order valence-electron chi connectivity index (χ3n) is 4.99. The summed E-state index contributed by atoms with van der Waals surface area (Å²) in [5, 5.41) is 3.61. The van der Waals surface area contributed by atoms with Crippen LogP contribution >= 0.6 is 11.8 Å². The monoisotopic (exact) mass is 412 g/mol. The Bertz CT molecular complexity index is 698. The molecule has 1 aromatic carbocycles. The van der Waals surface area contributed by atoms with E-state index in [1.807, 2.05) is 30.8 Å². The topological polar surface area (TPSA) is 66.5 Å². The number of hydrogen-bond donors (Lipinski definition) is 1. The van der Waals surface area contributed by atoms with E-state index in [0.717, 1.165) is 24.0 Å². The maximum Gasteiger partial charge on any atom is 0.243 e. The lowest BCUT2D eigenvalue weighted by Crippen LogP contribution is -2.48. The van der Waals surface area contributed by atoms with Crippen LogP contribution in [0.2, 0.25) is 0 Å². The predicted octanol–water partition coefficient (Wildman–Crippen LogP) is 3.59. The maximum absolute atomic E-state index is 12.6. The Hall–Kier alpha value is -1.21. The smallest absolute Gasteiger partial charge is 0.243 e. The lowest BCUT2D eigenvalue weighted by Gasteiger charge is -2.28. The number of nitrogens with zero attached hydrogens (tertiary/aromatic N) is 1. The van der Waals surface area contributed by atoms with E-state index in [4.69, 9.17) is 0 Å². The highest BCUT2D eigenvalue weighted by molar-refractivity contribution is 7.99. The Balaban J connectivity index is 1.93.